The summed E-state index contributed by atoms with van der Waals surface area (Å²) < 4.78 is 2.22. The molecule has 0 radical (unpaired) electrons. The topological polar surface area (TPSA) is 34.0 Å². The van der Waals surface area contributed by atoms with E-state index in [0.717, 1.165) is 39.6 Å². The molecule has 0 N–H and O–H groups in total. The van der Waals surface area contributed by atoms with Crippen molar-refractivity contribution in [3.63, 3.8) is 0 Å². The summed E-state index contributed by atoms with van der Waals surface area (Å²) in [5, 5.41) is 3.43. The van der Waals surface area contributed by atoms with Gasteiger partial charge < -0.3 is 4.90 Å². The van der Waals surface area contributed by atoms with Crippen LogP contribution in [0.25, 0.3) is 61.1 Å². The molecular weight excluding hydrogens is 585 g/mol. The number of nitrogens with zero attached hydrogens (tertiary/aromatic N) is 4. The molecule has 6 aromatic carbocycles. The molecule has 1 unspecified atom stereocenters. The summed E-state index contributed by atoms with van der Waals surface area (Å²) in [6.45, 7) is 0. The lowest BCUT2D eigenvalue weighted by molar-refractivity contribution is 0.831. The Labute approximate surface area is 278 Å². The molecule has 48 heavy (non-hydrogen) atoms. The summed E-state index contributed by atoms with van der Waals surface area (Å²) in [4.78, 5) is 12.9. The molecule has 0 amide bonds. The first-order valence-corrected chi connectivity index (χ1v) is 16.5. The number of allylic oxidation sites excluding steroid dienone is 2. The molecule has 1 aliphatic carbocycles. The zero-order valence-electron chi connectivity index (χ0n) is 26.2. The Morgan fingerprint density at radius 3 is 2.15 bits per heavy atom. The van der Waals surface area contributed by atoms with Crippen molar-refractivity contribution in [2.75, 3.05) is 4.90 Å². The molecular formula is C44H30N4. The number of aromatic nitrogens is 3. The Hall–Kier alpha value is -6.26. The summed E-state index contributed by atoms with van der Waals surface area (Å²) >= 11 is 0. The molecule has 0 saturated heterocycles. The maximum Gasteiger partial charge on any atom is 0.235 e. The van der Waals surface area contributed by atoms with Crippen molar-refractivity contribution >= 4 is 55.2 Å². The molecule has 3 heterocycles. The van der Waals surface area contributed by atoms with Crippen LogP contribution in [0.15, 0.2) is 164 Å². The molecule has 2 aromatic heterocycles. The number of benzene rings is 6. The lowest BCUT2D eigenvalue weighted by atomic mass is 9.89. The average molecular weight is 615 g/mol. The minimum Gasteiger partial charge on any atom is -0.333 e. The van der Waals surface area contributed by atoms with Gasteiger partial charge in [-0.25, -0.2) is 9.97 Å². The van der Waals surface area contributed by atoms with Crippen molar-refractivity contribution in [2.45, 2.75) is 12.5 Å². The minimum atomic E-state index is 0.281. The fourth-order valence-corrected chi connectivity index (χ4v) is 7.74. The van der Waals surface area contributed by atoms with Gasteiger partial charge in [0.15, 0.2) is 0 Å². The summed E-state index contributed by atoms with van der Waals surface area (Å²) in [5.41, 5.74) is 12.8. The standard InChI is InChI=1S/C44H30N4/c1-3-13-29(14-4-1)43-35-19-7-10-20-38(35)45-44(46-43)48-40-22-12-9-18-34(40)37-28-31(24-26-42(37)48)30-23-25-41-36(27-30)33-17-8-11-21-39(33)47(41)32-15-5-2-6-16-32/h1-24,26-28,41H,25H2. The van der Waals surface area contributed by atoms with Gasteiger partial charge in [-0.15, -0.1) is 0 Å². The molecule has 4 heteroatoms. The van der Waals surface area contributed by atoms with Crippen molar-refractivity contribution in [1.29, 1.82) is 0 Å². The van der Waals surface area contributed by atoms with E-state index in [-0.39, 0.29) is 6.04 Å². The molecule has 2 aliphatic rings. The molecule has 0 fully saturated rings. The number of hydrogen-bond donors (Lipinski definition) is 0. The van der Waals surface area contributed by atoms with Gasteiger partial charge in [0.2, 0.25) is 5.95 Å². The zero-order valence-corrected chi connectivity index (χ0v) is 26.2. The predicted molar refractivity (Wildman–Crippen MR) is 199 cm³/mol. The van der Waals surface area contributed by atoms with Crippen LogP contribution in [0, 0.1) is 0 Å². The first kappa shape index (κ1) is 26.9. The van der Waals surface area contributed by atoms with E-state index in [2.05, 4.69) is 161 Å². The monoisotopic (exact) mass is 614 g/mol. The Bertz CT molecular complexity index is 2600. The summed E-state index contributed by atoms with van der Waals surface area (Å²) in [6, 6.07) is 54.0. The quantitative estimate of drug-likeness (QED) is 0.198. The number of hydrogen-bond acceptors (Lipinski definition) is 3. The molecule has 1 aliphatic heterocycles. The number of para-hydroxylation sites is 4. The molecule has 4 nitrogen and oxygen atoms in total. The van der Waals surface area contributed by atoms with Crippen molar-refractivity contribution in [2.24, 2.45) is 0 Å². The SMILES string of the molecule is C1=C(c2ccc3c(c2)c2ccccc2n3-c2nc(-c3ccccc3)c3ccccc3n2)C=C2c3ccccc3N(c3ccccc3)C2C1. The Morgan fingerprint density at radius 2 is 1.27 bits per heavy atom. The maximum absolute atomic E-state index is 5.24. The first-order valence-electron chi connectivity index (χ1n) is 16.5. The number of rotatable bonds is 4. The van der Waals surface area contributed by atoms with Gasteiger partial charge in [0, 0.05) is 38.7 Å². The predicted octanol–water partition coefficient (Wildman–Crippen LogP) is 10.8. The highest BCUT2D eigenvalue weighted by molar-refractivity contribution is 6.10. The second-order valence-corrected chi connectivity index (χ2v) is 12.6. The highest BCUT2D eigenvalue weighted by Gasteiger charge is 2.35. The number of anilines is 2. The second-order valence-electron chi connectivity index (χ2n) is 12.6. The van der Waals surface area contributed by atoms with Crippen LogP contribution in [0.4, 0.5) is 11.4 Å². The summed E-state index contributed by atoms with van der Waals surface area (Å²) in [7, 11) is 0. The third-order valence-electron chi connectivity index (χ3n) is 9.90. The Kier molecular flexibility index (Phi) is 5.97. The van der Waals surface area contributed by atoms with Gasteiger partial charge in [0.25, 0.3) is 0 Å². The van der Waals surface area contributed by atoms with Gasteiger partial charge >= 0.3 is 0 Å². The third-order valence-corrected chi connectivity index (χ3v) is 9.90. The Balaban J connectivity index is 1.12. The van der Waals surface area contributed by atoms with E-state index in [9.17, 15) is 0 Å². The lowest BCUT2D eigenvalue weighted by Gasteiger charge is -2.29. The number of fused-ring (bicyclic) bond motifs is 7. The van der Waals surface area contributed by atoms with Gasteiger partial charge in [0.1, 0.15) is 0 Å². The highest BCUT2D eigenvalue weighted by Crippen LogP contribution is 2.49. The van der Waals surface area contributed by atoms with E-state index in [1.54, 1.807) is 0 Å². The third kappa shape index (κ3) is 4.09. The van der Waals surface area contributed by atoms with Crippen molar-refractivity contribution < 1.29 is 0 Å². The lowest BCUT2D eigenvalue weighted by Crippen LogP contribution is -2.27. The fourth-order valence-electron chi connectivity index (χ4n) is 7.74. The molecule has 8 aromatic rings. The second kappa shape index (κ2) is 10.6. The van der Waals surface area contributed by atoms with Crippen LogP contribution in [0.5, 0.6) is 0 Å². The van der Waals surface area contributed by atoms with Crippen LogP contribution in [0.3, 0.4) is 0 Å². The van der Waals surface area contributed by atoms with E-state index < -0.39 is 0 Å². The molecule has 0 saturated carbocycles. The van der Waals surface area contributed by atoms with Crippen LogP contribution >= 0.6 is 0 Å². The van der Waals surface area contributed by atoms with Gasteiger partial charge in [-0.05, 0) is 71.7 Å². The van der Waals surface area contributed by atoms with Crippen LogP contribution < -0.4 is 4.90 Å². The van der Waals surface area contributed by atoms with Crippen molar-refractivity contribution in [3.8, 4) is 17.2 Å². The van der Waals surface area contributed by atoms with Crippen molar-refractivity contribution in [1.82, 2.24) is 14.5 Å². The van der Waals surface area contributed by atoms with E-state index in [0.29, 0.717) is 5.95 Å². The van der Waals surface area contributed by atoms with Crippen LogP contribution in [0.2, 0.25) is 0 Å². The molecule has 0 spiro atoms. The molecule has 226 valence electrons. The largest absolute Gasteiger partial charge is 0.333 e. The minimum absolute atomic E-state index is 0.281. The van der Waals surface area contributed by atoms with Gasteiger partial charge in [-0.2, -0.15) is 0 Å². The first-order chi connectivity index (χ1) is 23.8. The van der Waals surface area contributed by atoms with Crippen LogP contribution in [-0.4, -0.2) is 20.6 Å². The maximum atomic E-state index is 5.24. The van der Waals surface area contributed by atoms with E-state index in [1.807, 2.05) is 12.1 Å². The Morgan fingerprint density at radius 1 is 0.562 bits per heavy atom. The van der Waals surface area contributed by atoms with E-state index in [4.69, 9.17) is 9.97 Å². The van der Waals surface area contributed by atoms with Crippen LogP contribution in [0.1, 0.15) is 17.5 Å². The molecule has 1 atom stereocenters. The van der Waals surface area contributed by atoms with E-state index in [1.165, 1.54) is 44.4 Å². The summed E-state index contributed by atoms with van der Waals surface area (Å²) in [6.07, 6.45) is 5.77. The van der Waals surface area contributed by atoms with Gasteiger partial charge in [-0.1, -0.05) is 115 Å². The highest BCUT2D eigenvalue weighted by atomic mass is 15.2. The normalized spacial score (nSPS) is 15.4. The smallest absolute Gasteiger partial charge is 0.235 e. The van der Waals surface area contributed by atoms with Gasteiger partial charge in [0.05, 0.1) is 28.3 Å². The fraction of sp³-hybridized carbons (Fsp3) is 0.0455. The van der Waals surface area contributed by atoms with Crippen molar-refractivity contribution in [3.05, 3.63) is 175 Å². The van der Waals surface area contributed by atoms with Crippen LogP contribution in [-0.2, 0) is 0 Å². The molecule has 0 bridgehead atoms. The van der Waals surface area contributed by atoms with E-state index >= 15 is 0 Å². The zero-order chi connectivity index (χ0) is 31.6. The molecule has 10 rings (SSSR count). The van der Waals surface area contributed by atoms with Gasteiger partial charge in [-0.3, -0.25) is 4.57 Å². The average Bonchev–Trinajstić information content (AvgIpc) is 3.67. The summed E-state index contributed by atoms with van der Waals surface area (Å²) in [5.74, 6) is 0.678.